The Hall–Kier alpha value is -2.67. The Morgan fingerprint density at radius 1 is 1.16 bits per heavy atom. The molecule has 0 aliphatic rings. The molecule has 0 aliphatic carbocycles. The van der Waals surface area contributed by atoms with Gasteiger partial charge in [-0.05, 0) is 36.8 Å². The van der Waals surface area contributed by atoms with Gasteiger partial charge >= 0.3 is 5.97 Å². The van der Waals surface area contributed by atoms with Crippen LogP contribution in [0.2, 0.25) is 0 Å². The Bertz CT molecular complexity index is 879. The molecular weight excluding hydrogens is 386 g/mol. The van der Waals surface area contributed by atoms with Crippen LogP contribution in [0.4, 0.5) is 0 Å². The number of hydrogen-bond donors (Lipinski definition) is 1. The maximum Gasteiger partial charge on any atom is 0.361 e. The third-order valence-electron chi connectivity index (χ3n) is 3.44. The number of nitrogens with one attached hydrogen (secondary N) is 1. The van der Waals surface area contributed by atoms with Crippen molar-refractivity contribution in [3.8, 4) is 17.0 Å². The minimum Gasteiger partial charge on any atom is -0.488 e. The van der Waals surface area contributed by atoms with Crippen LogP contribution in [0.15, 0.2) is 53.0 Å². The molecule has 0 radical (unpaired) electrons. The number of carbonyl (C=O) groups excluding carboxylic acids is 1. The van der Waals surface area contributed by atoms with Crippen molar-refractivity contribution in [2.75, 3.05) is 6.61 Å². The van der Waals surface area contributed by atoms with Crippen molar-refractivity contribution in [2.24, 2.45) is 0 Å². The number of rotatable bonds is 6. The standard InChI is InChI=1S/C18H16BrN3O3/c1-2-24-18(23)17-16(20-22-21-17)14-8-3-4-9-15(14)25-11-12-6-5-7-13(19)10-12/h3-10H,2,11H2,1H3,(H,20,21,22). The van der Waals surface area contributed by atoms with Gasteiger partial charge in [-0.1, -0.05) is 40.2 Å². The van der Waals surface area contributed by atoms with Crippen LogP contribution >= 0.6 is 15.9 Å². The lowest BCUT2D eigenvalue weighted by Crippen LogP contribution is -2.07. The van der Waals surface area contributed by atoms with Gasteiger partial charge in [0.15, 0.2) is 5.69 Å². The van der Waals surface area contributed by atoms with Gasteiger partial charge in [0.05, 0.1) is 6.61 Å². The number of aromatic nitrogens is 3. The van der Waals surface area contributed by atoms with Gasteiger partial charge in [0.2, 0.25) is 0 Å². The van der Waals surface area contributed by atoms with E-state index in [4.69, 9.17) is 9.47 Å². The van der Waals surface area contributed by atoms with E-state index in [9.17, 15) is 4.79 Å². The third-order valence-corrected chi connectivity index (χ3v) is 3.94. The second-order valence-corrected chi connectivity index (χ2v) is 6.07. The highest BCUT2D eigenvalue weighted by Crippen LogP contribution is 2.31. The number of hydrogen-bond acceptors (Lipinski definition) is 5. The molecule has 0 atom stereocenters. The second kappa shape index (κ2) is 7.94. The fourth-order valence-electron chi connectivity index (χ4n) is 2.34. The first-order valence-electron chi connectivity index (χ1n) is 7.73. The fourth-order valence-corrected chi connectivity index (χ4v) is 2.78. The molecule has 1 aromatic heterocycles. The largest absolute Gasteiger partial charge is 0.488 e. The Morgan fingerprint density at radius 2 is 2.00 bits per heavy atom. The normalized spacial score (nSPS) is 10.5. The number of aromatic amines is 1. The number of carbonyl (C=O) groups is 1. The van der Waals surface area contributed by atoms with Crippen molar-refractivity contribution in [3.05, 3.63) is 64.3 Å². The highest BCUT2D eigenvalue weighted by atomic mass is 79.9. The van der Waals surface area contributed by atoms with Gasteiger partial charge < -0.3 is 9.47 Å². The summed E-state index contributed by atoms with van der Waals surface area (Å²) in [6.07, 6.45) is 0. The quantitative estimate of drug-likeness (QED) is 0.631. The SMILES string of the molecule is CCOC(=O)c1n[nH]nc1-c1ccccc1OCc1cccc(Br)c1. The first kappa shape index (κ1) is 17.2. The van der Waals surface area contributed by atoms with Crippen LogP contribution in [-0.2, 0) is 11.3 Å². The van der Waals surface area contributed by atoms with Crippen molar-refractivity contribution in [2.45, 2.75) is 13.5 Å². The Morgan fingerprint density at radius 3 is 2.80 bits per heavy atom. The van der Waals surface area contributed by atoms with Crippen LogP contribution in [0, 0.1) is 0 Å². The smallest absolute Gasteiger partial charge is 0.361 e. The number of halogens is 1. The summed E-state index contributed by atoms with van der Waals surface area (Å²) in [6.45, 7) is 2.40. The van der Waals surface area contributed by atoms with Crippen LogP contribution in [0.1, 0.15) is 23.0 Å². The molecule has 2 aromatic carbocycles. The molecule has 7 heteroatoms. The first-order valence-corrected chi connectivity index (χ1v) is 8.53. The lowest BCUT2D eigenvalue weighted by Gasteiger charge is -2.11. The predicted octanol–water partition coefficient (Wildman–Crippen LogP) is 3.99. The fraction of sp³-hybridized carbons (Fsp3) is 0.167. The summed E-state index contributed by atoms with van der Waals surface area (Å²) >= 11 is 3.45. The summed E-state index contributed by atoms with van der Waals surface area (Å²) in [6, 6.07) is 15.3. The highest BCUT2D eigenvalue weighted by molar-refractivity contribution is 9.10. The van der Waals surface area contributed by atoms with Gasteiger partial charge in [-0.2, -0.15) is 10.3 Å². The van der Waals surface area contributed by atoms with E-state index in [1.165, 1.54) is 0 Å². The first-order chi connectivity index (χ1) is 12.2. The average molecular weight is 402 g/mol. The van der Waals surface area contributed by atoms with Crippen molar-refractivity contribution in [1.29, 1.82) is 0 Å². The minimum atomic E-state index is -0.520. The zero-order valence-electron chi connectivity index (χ0n) is 13.5. The molecule has 0 unspecified atom stereocenters. The van der Waals surface area contributed by atoms with Crippen LogP contribution < -0.4 is 4.74 Å². The van der Waals surface area contributed by atoms with Crippen molar-refractivity contribution in [3.63, 3.8) is 0 Å². The summed E-state index contributed by atoms with van der Waals surface area (Å²) in [7, 11) is 0. The van der Waals surface area contributed by atoms with E-state index in [1.54, 1.807) is 6.92 Å². The number of H-pyrrole nitrogens is 1. The topological polar surface area (TPSA) is 77.1 Å². The van der Waals surface area contributed by atoms with E-state index in [0.29, 0.717) is 23.6 Å². The number of benzene rings is 2. The average Bonchev–Trinajstić information content (AvgIpc) is 3.10. The summed E-state index contributed by atoms with van der Waals surface area (Å²) in [5, 5.41) is 10.5. The predicted molar refractivity (Wildman–Crippen MR) is 96.2 cm³/mol. The Kier molecular flexibility index (Phi) is 5.45. The maximum absolute atomic E-state index is 12.0. The monoisotopic (exact) mass is 401 g/mol. The van der Waals surface area contributed by atoms with E-state index in [0.717, 1.165) is 10.0 Å². The molecule has 0 saturated heterocycles. The Balaban J connectivity index is 1.87. The highest BCUT2D eigenvalue weighted by Gasteiger charge is 2.21. The van der Waals surface area contributed by atoms with Gasteiger partial charge in [0.1, 0.15) is 18.1 Å². The number of para-hydroxylation sites is 1. The lowest BCUT2D eigenvalue weighted by atomic mass is 10.1. The van der Waals surface area contributed by atoms with Crippen molar-refractivity contribution in [1.82, 2.24) is 15.4 Å². The molecule has 3 rings (SSSR count). The van der Waals surface area contributed by atoms with E-state index in [1.807, 2.05) is 48.5 Å². The molecule has 0 fully saturated rings. The molecule has 25 heavy (non-hydrogen) atoms. The van der Waals surface area contributed by atoms with Crippen molar-refractivity contribution < 1.29 is 14.3 Å². The molecule has 0 saturated carbocycles. The Labute approximate surface area is 153 Å². The van der Waals surface area contributed by atoms with E-state index < -0.39 is 5.97 Å². The summed E-state index contributed by atoms with van der Waals surface area (Å²) in [5.74, 6) is 0.0926. The van der Waals surface area contributed by atoms with Gasteiger partial charge in [-0.15, -0.1) is 5.10 Å². The van der Waals surface area contributed by atoms with Gasteiger partial charge in [-0.25, -0.2) is 4.79 Å². The third kappa shape index (κ3) is 4.06. The van der Waals surface area contributed by atoms with Crippen LogP contribution in [0.5, 0.6) is 5.75 Å². The molecule has 0 aliphatic heterocycles. The van der Waals surface area contributed by atoms with E-state index >= 15 is 0 Å². The zero-order chi connectivity index (χ0) is 17.6. The number of ether oxygens (including phenoxy) is 2. The molecule has 6 nitrogen and oxygen atoms in total. The second-order valence-electron chi connectivity index (χ2n) is 5.16. The molecule has 3 aromatic rings. The molecule has 1 heterocycles. The summed E-state index contributed by atoms with van der Waals surface area (Å²) in [5.41, 5.74) is 2.24. The maximum atomic E-state index is 12.0. The van der Waals surface area contributed by atoms with Gasteiger partial charge in [-0.3, -0.25) is 0 Å². The van der Waals surface area contributed by atoms with Crippen molar-refractivity contribution >= 4 is 21.9 Å². The van der Waals surface area contributed by atoms with E-state index in [-0.39, 0.29) is 12.3 Å². The van der Waals surface area contributed by atoms with Gasteiger partial charge in [0.25, 0.3) is 0 Å². The molecule has 0 amide bonds. The number of esters is 1. The van der Waals surface area contributed by atoms with Gasteiger partial charge in [0, 0.05) is 10.0 Å². The summed E-state index contributed by atoms with van der Waals surface area (Å²) in [4.78, 5) is 12.0. The minimum absolute atomic E-state index is 0.139. The zero-order valence-corrected chi connectivity index (χ0v) is 15.1. The van der Waals surface area contributed by atoms with Crippen LogP contribution in [-0.4, -0.2) is 28.0 Å². The molecule has 0 bridgehead atoms. The summed E-state index contributed by atoms with van der Waals surface area (Å²) < 4.78 is 12.0. The molecule has 1 N–H and O–H groups in total. The van der Waals surface area contributed by atoms with E-state index in [2.05, 4.69) is 31.3 Å². The molecule has 128 valence electrons. The van der Waals surface area contributed by atoms with Crippen LogP contribution in [0.25, 0.3) is 11.3 Å². The molecule has 0 spiro atoms. The molecular formula is C18H16BrN3O3. The lowest BCUT2D eigenvalue weighted by molar-refractivity contribution is 0.0520. The number of nitrogens with zero attached hydrogens (tertiary/aromatic N) is 2. The van der Waals surface area contributed by atoms with Crippen LogP contribution in [0.3, 0.4) is 0 Å².